The second-order valence-corrected chi connectivity index (χ2v) is 7.41. The lowest BCUT2D eigenvalue weighted by atomic mass is 10.0. The molecule has 2 heterocycles. The van der Waals surface area contributed by atoms with Crippen LogP contribution in [0.3, 0.4) is 0 Å². The molecule has 0 saturated carbocycles. The second kappa shape index (κ2) is 4.98. The van der Waals surface area contributed by atoms with Gasteiger partial charge in [0, 0.05) is 13.2 Å². The van der Waals surface area contributed by atoms with Crippen LogP contribution < -0.4 is 0 Å². The van der Waals surface area contributed by atoms with Crippen molar-refractivity contribution in [2.45, 2.75) is 36.8 Å². The highest BCUT2D eigenvalue weighted by Crippen LogP contribution is 2.35. The zero-order chi connectivity index (χ0) is 14.3. The highest BCUT2D eigenvalue weighted by molar-refractivity contribution is 7.89. The van der Waals surface area contributed by atoms with Gasteiger partial charge in [-0.1, -0.05) is 24.3 Å². The summed E-state index contributed by atoms with van der Waals surface area (Å²) in [7, 11) is -3.47. The molecule has 4 nitrogen and oxygen atoms in total. The Hall–Kier alpha value is -1.17. The van der Waals surface area contributed by atoms with Crippen molar-refractivity contribution in [3.05, 3.63) is 42.0 Å². The van der Waals surface area contributed by atoms with Crippen molar-refractivity contribution >= 4 is 10.0 Å². The molecule has 20 heavy (non-hydrogen) atoms. The number of benzene rings is 1. The average Bonchev–Trinajstić information content (AvgIpc) is 2.78. The molecule has 0 bridgehead atoms. The fourth-order valence-electron chi connectivity index (χ4n) is 2.97. The van der Waals surface area contributed by atoms with Crippen molar-refractivity contribution in [1.29, 1.82) is 0 Å². The number of nitrogens with zero attached hydrogens (tertiary/aromatic N) is 1. The molecular weight excluding hydrogens is 274 g/mol. The van der Waals surface area contributed by atoms with Crippen LogP contribution in [0.1, 0.15) is 18.4 Å². The summed E-state index contributed by atoms with van der Waals surface area (Å²) in [5, 5.41) is 0. The Morgan fingerprint density at radius 1 is 1.30 bits per heavy atom. The molecule has 2 aliphatic heterocycles. The Morgan fingerprint density at radius 3 is 2.70 bits per heavy atom. The third-order valence-electron chi connectivity index (χ3n) is 4.05. The first-order valence-electron chi connectivity index (χ1n) is 6.88. The molecule has 1 aromatic carbocycles. The van der Waals surface area contributed by atoms with Crippen molar-refractivity contribution in [3.8, 4) is 0 Å². The second-order valence-electron chi connectivity index (χ2n) is 5.52. The number of aryl methyl sites for hydroxylation is 1. The van der Waals surface area contributed by atoms with Gasteiger partial charge in [0.15, 0.2) is 0 Å². The molecule has 0 amide bonds. The van der Waals surface area contributed by atoms with Crippen molar-refractivity contribution < 1.29 is 13.2 Å². The van der Waals surface area contributed by atoms with Crippen molar-refractivity contribution in [2.75, 3.05) is 13.2 Å². The topological polar surface area (TPSA) is 46.6 Å². The van der Waals surface area contributed by atoms with Crippen LogP contribution in [0.4, 0.5) is 0 Å². The summed E-state index contributed by atoms with van der Waals surface area (Å²) in [4.78, 5) is 0.349. The lowest BCUT2D eigenvalue weighted by Gasteiger charge is -2.30. The largest absolute Gasteiger partial charge is 0.372 e. The lowest BCUT2D eigenvalue weighted by molar-refractivity contribution is 0.0170. The molecule has 0 N–H and O–H groups in total. The Kier molecular flexibility index (Phi) is 3.44. The third kappa shape index (κ3) is 2.20. The first-order valence-corrected chi connectivity index (χ1v) is 8.32. The van der Waals surface area contributed by atoms with Gasteiger partial charge in [-0.3, -0.25) is 0 Å². The first kappa shape index (κ1) is 13.8. The fraction of sp³-hybridized carbons (Fsp3) is 0.467. The number of hydrogen-bond donors (Lipinski definition) is 0. The van der Waals surface area contributed by atoms with Crippen LogP contribution in [0.5, 0.6) is 0 Å². The highest BCUT2D eigenvalue weighted by atomic mass is 32.2. The number of rotatable bonds is 2. The molecular formula is C15H19NO3S. The Morgan fingerprint density at radius 2 is 2.00 bits per heavy atom. The molecule has 0 aliphatic carbocycles. The highest BCUT2D eigenvalue weighted by Gasteiger charge is 2.45. The van der Waals surface area contributed by atoms with Gasteiger partial charge in [-0.15, -0.1) is 0 Å². The number of fused-ring (bicyclic) bond motifs is 1. The zero-order valence-electron chi connectivity index (χ0n) is 11.6. The van der Waals surface area contributed by atoms with Gasteiger partial charge >= 0.3 is 0 Å². The Labute approximate surface area is 120 Å². The fourth-order valence-corrected chi connectivity index (χ4v) is 4.63. The van der Waals surface area contributed by atoms with Gasteiger partial charge in [0.1, 0.15) is 0 Å². The van der Waals surface area contributed by atoms with E-state index in [2.05, 4.69) is 6.58 Å². The van der Waals surface area contributed by atoms with E-state index in [1.165, 1.54) is 0 Å². The summed E-state index contributed by atoms with van der Waals surface area (Å²) in [6.07, 6.45) is 1.60. The van der Waals surface area contributed by atoms with E-state index < -0.39 is 10.0 Å². The maximum atomic E-state index is 12.8. The van der Waals surface area contributed by atoms with Crippen LogP contribution in [-0.4, -0.2) is 38.0 Å². The molecule has 0 radical (unpaired) electrons. The van der Waals surface area contributed by atoms with Crippen molar-refractivity contribution in [1.82, 2.24) is 4.31 Å². The summed E-state index contributed by atoms with van der Waals surface area (Å²) in [5.74, 6) is 0. The molecule has 2 aliphatic rings. The molecule has 108 valence electrons. The monoisotopic (exact) mass is 293 g/mol. The van der Waals surface area contributed by atoms with Crippen LogP contribution in [0, 0.1) is 6.92 Å². The summed E-state index contributed by atoms with van der Waals surface area (Å²) in [5.41, 5.74) is 1.92. The molecule has 3 rings (SSSR count). The molecule has 5 heteroatoms. The first-order chi connectivity index (χ1) is 9.50. The molecule has 2 saturated heterocycles. The summed E-state index contributed by atoms with van der Waals surface area (Å²) >= 11 is 0. The van der Waals surface area contributed by atoms with Crippen LogP contribution in [0.2, 0.25) is 0 Å². The lowest BCUT2D eigenvalue weighted by Crippen LogP contribution is -2.42. The van der Waals surface area contributed by atoms with E-state index in [0.717, 1.165) is 24.0 Å². The number of ether oxygens (including phenoxy) is 1. The predicted octanol–water partition coefficient (Wildman–Crippen LogP) is 2.10. The predicted molar refractivity (Wildman–Crippen MR) is 77.0 cm³/mol. The van der Waals surface area contributed by atoms with Crippen LogP contribution in [-0.2, 0) is 14.8 Å². The van der Waals surface area contributed by atoms with E-state index in [0.29, 0.717) is 18.0 Å². The molecule has 0 spiro atoms. The van der Waals surface area contributed by atoms with Crippen LogP contribution >= 0.6 is 0 Å². The molecule has 0 aromatic heterocycles. The number of hydrogen-bond acceptors (Lipinski definition) is 3. The minimum Gasteiger partial charge on any atom is -0.372 e. The standard InChI is InChI=1S/C15H19NO3S/c1-11-5-7-13(8-6-11)20(17,18)16-10-12(2)15-14(16)4-3-9-19-15/h5-8,14-15H,2-4,9-10H2,1H3/t14-,15-/m0/s1. The van der Waals surface area contributed by atoms with E-state index in [1.807, 2.05) is 19.1 Å². The Bertz CT molecular complexity index is 621. The van der Waals surface area contributed by atoms with E-state index in [-0.39, 0.29) is 12.1 Å². The summed E-state index contributed by atoms with van der Waals surface area (Å²) < 4.78 is 32.8. The number of sulfonamides is 1. The van der Waals surface area contributed by atoms with Crippen molar-refractivity contribution in [2.24, 2.45) is 0 Å². The minimum atomic E-state index is -3.47. The zero-order valence-corrected chi connectivity index (χ0v) is 12.4. The van der Waals surface area contributed by atoms with Gasteiger partial charge < -0.3 is 4.74 Å². The average molecular weight is 293 g/mol. The quantitative estimate of drug-likeness (QED) is 0.785. The molecule has 2 atom stereocenters. The molecule has 2 fully saturated rings. The van der Waals surface area contributed by atoms with Gasteiger partial charge in [0.2, 0.25) is 10.0 Å². The summed E-state index contributed by atoms with van der Waals surface area (Å²) in [6, 6.07) is 6.90. The summed E-state index contributed by atoms with van der Waals surface area (Å²) in [6.45, 7) is 6.98. The van der Waals surface area contributed by atoms with E-state index in [4.69, 9.17) is 4.74 Å². The van der Waals surface area contributed by atoms with Gasteiger partial charge in [0.25, 0.3) is 0 Å². The maximum Gasteiger partial charge on any atom is 0.243 e. The van der Waals surface area contributed by atoms with E-state index in [1.54, 1.807) is 16.4 Å². The van der Waals surface area contributed by atoms with Gasteiger partial charge in [-0.05, 0) is 37.5 Å². The van der Waals surface area contributed by atoms with Crippen molar-refractivity contribution in [3.63, 3.8) is 0 Å². The smallest absolute Gasteiger partial charge is 0.243 e. The van der Waals surface area contributed by atoms with E-state index in [9.17, 15) is 8.42 Å². The van der Waals surface area contributed by atoms with Crippen LogP contribution in [0.15, 0.2) is 41.3 Å². The van der Waals surface area contributed by atoms with Gasteiger partial charge in [0.05, 0.1) is 17.0 Å². The third-order valence-corrected chi connectivity index (χ3v) is 5.94. The van der Waals surface area contributed by atoms with Gasteiger partial charge in [-0.25, -0.2) is 8.42 Å². The maximum absolute atomic E-state index is 12.8. The normalized spacial score (nSPS) is 27.6. The molecule has 1 aromatic rings. The SMILES string of the molecule is C=C1CN(S(=O)(=O)c2ccc(C)cc2)[C@H]2CCCO[C@@H]12. The Balaban J connectivity index is 1.95. The van der Waals surface area contributed by atoms with E-state index >= 15 is 0 Å². The van der Waals surface area contributed by atoms with Crippen LogP contribution in [0.25, 0.3) is 0 Å². The van der Waals surface area contributed by atoms with Gasteiger partial charge in [-0.2, -0.15) is 4.31 Å². The minimum absolute atomic E-state index is 0.0949. The molecule has 0 unspecified atom stereocenters.